The van der Waals surface area contributed by atoms with Crippen LogP contribution in [-0.2, 0) is 6.54 Å². The molecule has 1 N–H and O–H groups in total. The minimum atomic E-state index is -0.661. The molecule has 29 heavy (non-hydrogen) atoms. The van der Waals surface area contributed by atoms with Crippen molar-refractivity contribution in [2.75, 3.05) is 5.75 Å². The lowest BCUT2D eigenvalue weighted by molar-refractivity contribution is 0.0945. The molecule has 0 radical (unpaired) electrons. The first kappa shape index (κ1) is 21.3. The van der Waals surface area contributed by atoms with E-state index < -0.39 is 11.7 Å². The number of unbranched alkanes of at least 4 members (excludes halogenated alkanes) is 1. The Hall–Kier alpha value is -2.38. The van der Waals surface area contributed by atoms with Gasteiger partial charge in [0.15, 0.2) is 11.0 Å². The first-order chi connectivity index (χ1) is 14.0. The summed E-state index contributed by atoms with van der Waals surface area (Å²) in [7, 11) is 0. The van der Waals surface area contributed by atoms with Gasteiger partial charge in [0.05, 0.1) is 17.1 Å². The number of aromatic nitrogens is 3. The average Bonchev–Trinajstić information content (AvgIpc) is 3.09. The van der Waals surface area contributed by atoms with Crippen LogP contribution in [0.4, 0.5) is 4.39 Å². The first-order valence-corrected chi connectivity index (χ1v) is 10.7. The van der Waals surface area contributed by atoms with Crippen LogP contribution in [0.15, 0.2) is 47.6 Å². The highest BCUT2D eigenvalue weighted by Crippen LogP contribution is 2.24. The normalized spacial score (nSPS) is 10.9. The molecule has 0 aliphatic rings. The quantitative estimate of drug-likeness (QED) is 0.393. The van der Waals surface area contributed by atoms with E-state index in [1.54, 1.807) is 11.8 Å². The van der Waals surface area contributed by atoms with Gasteiger partial charge in [-0.1, -0.05) is 54.9 Å². The van der Waals surface area contributed by atoms with Gasteiger partial charge in [-0.25, -0.2) is 4.39 Å². The molecule has 2 aromatic carbocycles. The molecule has 0 saturated heterocycles. The molecule has 0 unspecified atom stereocenters. The molecular weight excluding hydrogens is 411 g/mol. The smallest absolute Gasteiger partial charge is 0.256 e. The maximum absolute atomic E-state index is 14.0. The minimum absolute atomic E-state index is 0.0680. The highest BCUT2D eigenvalue weighted by atomic mass is 35.5. The van der Waals surface area contributed by atoms with E-state index in [0.717, 1.165) is 35.0 Å². The van der Waals surface area contributed by atoms with E-state index in [2.05, 4.69) is 22.4 Å². The predicted octanol–water partition coefficient (Wildman–Crippen LogP) is 5.19. The topological polar surface area (TPSA) is 59.8 Å². The van der Waals surface area contributed by atoms with Gasteiger partial charge in [-0.3, -0.25) is 9.36 Å². The molecule has 0 bridgehead atoms. The number of carbonyl (C=O) groups excluding carboxylic acids is 1. The summed E-state index contributed by atoms with van der Waals surface area (Å²) < 4.78 is 15.9. The first-order valence-electron chi connectivity index (χ1n) is 9.37. The van der Waals surface area contributed by atoms with Gasteiger partial charge in [-0.15, -0.1) is 10.2 Å². The van der Waals surface area contributed by atoms with Crippen LogP contribution in [0.5, 0.6) is 0 Å². The zero-order chi connectivity index (χ0) is 20.8. The molecule has 0 fully saturated rings. The van der Waals surface area contributed by atoms with Gasteiger partial charge in [0.2, 0.25) is 0 Å². The van der Waals surface area contributed by atoms with Crippen molar-refractivity contribution in [1.29, 1.82) is 0 Å². The minimum Gasteiger partial charge on any atom is -0.345 e. The van der Waals surface area contributed by atoms with Crippen LogP contribution in [0.25, 0.3) is 5.69 Å². The van der Waals surface area contributed by atoms with Crippen molar-refractivity contribution in [1.82, 2.24) is 20.1 Å². The molecule has 0 aliphatic heterocycles. The highest BCUT2D eigenvalue weighted by molar-refractivity contribution is 7.99. The number of aryl methyl sites for hydroxylation is 1. The number of carbonyl (C=O) groups is 1. The maximum atomic E-state index is 14.0. The number of nitrogens with zero attached hydrogens (tertiary/aromatic N) is 3. The van der Waals surface area contributed by atoms with Crippen molar-refractivity contribution < 1.29 is 9.18 Å². The number of benzene rings is 2. The maximum Gasteiger partial charge on any atom is 0.256 e. The largest absolute Gasteiger partial charge is 0.345 e. The summed E-state index contributed by atoms with van der Waals surface area (Å²) in [5, 5.41) is 12.1. The standard InChI is InChI=1S/C21H22ClFN4OS/c1-3-4-11-29-21-26-25-18(27(21)15-8-5-7-14(2)12-15)13-24-20(28)19-16(22)9-6-10-17(19)23/h5-10,12H,3-4,11,13H2,1-2H3,(H,24,28). The Morgan fingerprint density at radius 3 is 2.76 bits per heavy atom. The van der Waals surface area contributed by atoms with E-state index >= 15 is 0 Å². The summed E-state index contributed by atoms with van der Waals surface area (Å²) in [4.78, 5) is 12.5. The van der Waals surface area contributed by atoms with Crippen molar-refractivity contribution >= 4 is 29.3 Å². The molecule has 0 saturated carbocycles. The van der Waals surface area contributed by atoms with Gasteiger partial charge in [0, 0.05) is 11.4 Å². The van der Waals surface area contributed by atoms with Gasteiger partial charge < -0.3 is 5.32 Å². The van der Waals surface area contributed by atoms with Gasteiger partial charge in [-0.05, 0) is 43.2 Å². The van der Waals surface area contributed by atoms with E-state index in [9.17, 15) is 9.18 Å². The molecule has 8 heteroatoms. The van der Waals surface area contributed by atoms with Crippen molar-refractivity contribution in [2.24, 2.45) is 0 Å². The molecule has 0 spiro atoms. The molecule has 1 amide bonds. The fourth-order valence-corrected chi connectivity index (χ4v) is 4.11. The molecule has 1 heterocycles. The Morgan fingerprint density at radius 2 is 2.03 bits per heavy atom. The lowest BCUT2D eigenvalue weighted by atomic mass is 10.2. The molecule has 3 aromatic rings. The number of hydrogen-bond donors (Lipinski definition) is 1. The number of rotatable bonds is 8. The molecule has 0 atom stereocenters. The van der Waals surface area contributed by atoms with Crippen molar-refractivity contribution in [2.45, 2.75) is 38.4 Å². The third kappa shape index (κ3) is 5.16. The molecule has 152 valence electrons. The molecule has 3 rings (SSSR count). The van der Waals surface area contributed by atoms with E-state index in [1.807, 2.05) is 35.8 Å². The van der Waals surface area contributed by atoms with Gasteiger partial charge in [0.25, 0.3) is 5.91 Å². The average molecular weight is 433 g/mol. The van der Waals surface area contributed by atoms with Gasteiger partial charge >= 0.3 is 0 Å². The Morgan fingerprint density at radius 1 is 1.24 bits per heavy atom. The lowest BCUT2D eigenvalue weighted by Gasteiger charge is -2.12. The number of thioether (sulfide) groups is 1. The van der Waals surface area contributed by atoms with Crippen LogP contribution >= 0.6 is 23.4 Å². The molecule has 0 aliphatic carbocycles. The summed E-state index contributed by atoms with van der Waals surface area (Å²) in [6.07, 6.45) is 2.17. The highest BCUT2D eigenvalue weighted by Gasteiger charge is 2.19. The number of amides is 1. The van der Waals surface area contributed by atoms with E-state index in [0.29, 0.717) is 5.82 Å². The summed E-state index contributed by atoms with van der Waals surface area (Å²) in [5.41, 5.74) is 1.85. The molecule has 5 nitrogen and oxygen atoms in total. The zero-order valence-corrected chi connectivity index (χ0v) is 17.9. The summed E-state index contributed by atoms with van der Waals surface area (Å²) >= 11 is 7.61. The van der Waals surface area contributed by atoms with Crippen LogP contribution in [0.3, 0.4) is 0 Å². The molecule has 1 aromatic heterocycles. The van der Waals surface area contributed by atoms with E-state index in [1.165, 1.54) is 18.2 Å². The van der Waals surface area contributed by atoms with E-state index in [-0.39, 0.29) is 17.1 Å². The Balaban J connectivity index is 1.86. The van der Waals surface area contributed by atoms with Crippen LogP contribution in [0.2, 0.25) is 5.02 Å². The second-order valence-electron chi connectivity index (χ2n) is 6.55. The fourth-order valence-electron chi connectivity index (χ4n) is 2.80. The van der Waals surface area contributed by atoms with Crippen LogP contribution in [-0.4, -0.2) is 26.4 Å². The zero-order valence-electron chi connectivity index (χ0n) is 16.3. The monoisotopic (exact) mass is 432 g/mol. The Kier molecular flexibility index (Phi) is 7.28. The summed E-state index contributed by atoms with van der Waals surface area (Å²) in [6.45, 7) is 4.25. The van der Waals surface area contributed by atoms with Gasteiger partial charge in [0.1, 0.15) is 5.82 Å². The number of hydrogen-bond acceptors (Lipinski definition) is 4. The third-order valence-corrected chi connectivity index (χ3v) is 5.62. The molecular formula is C21H22ClFN4OS. The predicted molar refractivity (Wildman–Crippen MR) is 114 cm³/mol. The van der Waals surface area contributed by atoms with Crippen molar-refractivity contribution in [3.05, 3.63) is 70.3 Å². The summed E-state index contributed by atoms with van der Waals surface area (Å²) in [6, 6.07) is 12.1. The van der Waals surface area contributed by atoms with Crippen LogP contribution in [0.1, 0.15) is 41.5 Å². The second kappa shape index (κ2) is 9.89. The number of halogens is 2. The van der Waals surface area contributed by atoms with E-state index in [4.69, 9.17) is 11.6 Å². The van der Waals surface area contributed by atoms with Crippen LogP contribution in [0, 0.1) is 12.7 Å². The number of nitrogens with one attached hydrogen (secondary N) is 1. The van der Waals surface area contributed by atoms with Crippen molar-refractivity contribution in [3.8, 4) is 5.69 Å². The lowest BCUT2D eigenvalue weighted by Crippen LogP contribution is -2.26. The van der Waals surface area contributed by atoms with Crippen molar-refractivity contribution in [3.63, 3.8) is 0 Å². The third-order valence-electron chi connectivity index (χ3n) is 4.29. The SMILES string of the molecule is CCCCSc1nnc(CNC(=O)c2c(F)cccc2Cl)n1-c1cccc(C)c1. The Labute approximate surface area is 178 Å². The van der Waals surface area contributed by atoms with Crippen LogP contribution < -0.4 is 5.32 Å². The van der Waals surface area contributed by atoms with Gasteiger partial charge in [-0.2, -0.15) is 0 Å². The summed E-state index contributed by atoms with van der Waals surface area (Å²) in [5.74, 6) is 0.242. The second-order valence-corrected chi connectivity index (χ2v) is 8.02. The fraction of sp³-hybridized carbons (Fsp3) is 0.286. The Bertz CT molecular complexity index is 988.